The largest absolute Gasteiger partial charge is 0.296 e. The van der Waals surface area contributed by atoms with Gasteiger partial charge >= 0.3 is 0 Å². The molecule has 2 aromatic heterocycles. The highest BCUT2D eigenvalue weighted by atomic mass is 79.9. The van der Waals surface area contributed by atoms with Crippen molar-refractivity contribution in [2.75, 3.05) is 0 Å². The summed E-state index contributed by atoms with van der Waals surface area (Å²) < 4.78 is 3.56. The van der Waals surface area contributed by atoms with Gasteiger partial charge in [0.2, 0.25) is 0 Å². The van der Waals surface area contributed by atoms with E-state index in [4.69, 9.17) is 12.2 Å². The highest BCUT2D eigenvalue weighted by molar-refractivity contribution is 9.10. The van der Waals surface area contributed by atoms with Crippen LogP contribution < -0.4 is 0 Å². The van der Waals surface area contributed by atoms with Crippen LogP contribution in [0.5, 0.6) is 0 Å². The minimum absolute atomic E-state index is 0.0538. The van der Waals surface area contributed by atoms with Crippen LogP contribution in [0.15, 0.2) is 29.0 Å². The Balaban J connectivity index is 2.54. The lowest BCUT2D eigenvalue weighted by atomic mass is 9.93. The number of aromatic amines is 1. The summed E-state index contributed by atoms with van der Waals surface area (Å²) >= 11 is 8.76. The third-order valence-corrected chi connectivity index (χ3v) is 3.21. The SMILES string of the molecule is CC(C)(C)c1cc(=S)n(-c2cncc(Br)c2)[nH]1. The van der Waals surface area contributed by atoms with E-state index in [0.717, 1.165) is 20.5 Å². The number of rotatable bonds is 1. The molecule has 2 aromatic rings. The van der Waals surface area contributed by atoms with E-state index in [1.54, 1.807) is 12.4 Å². The first kappa shape index (κ1) is 12.5. The van der Waals surface area contributed by atoms with E-state index in [1.165, 1.54) is 0 Å². The molecule has 0 saturated heterocycles. The average molecular weight is 312 g/mol. The van der Waals surface area contributed by atoms with Gasteiger partial charge in [-0.3, -0.25) is 10.1 Å². The zero-order chi connectivity index (χ0) is 12.6. The monoisotopic (exact) mass is 311 g/mol. The Kier molecular flexibility index (Phi) is 3.23. The number of H-pyrrole nitrogens is 1. The Morgan fingerprint density at radius 3 is 2.53 bits per heavy atom. The van der Waals surface area contributed by atoms with Crippen LogP contribution in [0, 0.1) is 4.64 Å². The predicted octanol–water partition coefficient (Wildman–Crippen LogP) is 3.99. The first-order chi connectivity index (χ1) is 7.88. The van der Waals surface area contributed by atoms with Crippen LogP contribution in [0.25, 0.3) is 5.69 Å². The van der Waals surface area contributed by atoms with Crippen LogP contribution >= 0.6 is 28.1 Å². The van der Waals surface area contributed by atoms with Crippen molar-refractivity contribution in [3.63, 3.8) is 0 Å². The maximum atomic E-state index is 5.36. The van der Waals surface area contributed by atoms with Crippen molar-refractivity contribution in [2.24, 2.45) is 0 Å². The lowest BCUT2D eigenvalue weighted by molar-refractivity contribution is 0.560. The molecule has 0 spiro atoms. The van der Waals surface area contributed by atoms with Crippen LogP contribution in [-0.4, -0.2) is 14.8 Å². The standard InChI is InChI=1S/C12H14BrN3S/c1-12(2,3)10-5-11(17)16(15-10)9-4-8(13)6-14-7-9/h4-7,15H,1-3H3. The van der Waals surface area contributed by atoms with E-state index >= 15 is 0 Å². The van der Waals surface area contributed by atoms with Crippen molar-refractivity contribution in [3.8, 4) is 5.69 Å². The van der Waals surface area contributed by atoms with Gasteiger partial charge in [-0.2, -0.15) is 0 Å². The van der Waals surface area contributed by atoms with Crippen molar-refractivity contribution in [1.29, 1.82) is 0 Å². The lowest BCUT2D eigenvalue weighted by Crippen LogP contribution is -2.12. The van der Waals surface area contributed by atoms with E-state index in [-0.39, 0.29) is 5.41 Å². The average Bonchev–Trinajstić information content (AvgIpc) is 2.60. The fourth-order valence-corrected chi connectivity index (χ4v) is 2.12. The molecule has 0 aromatic carbocycles. The Hall–Kier alpha value is -0.940. The van der Waals surface area contributed by atoms with Crippen LogP contribution in [0.4, 0.5) is 0 Å². The summed E-state index contributed by atoms with van der Waals surface area (Å²) in [5, 5.41) is 3.32. The van der Waals surface area contributed by atoms with Crippen LogP contribution in [0.2, 0.25) is 0 Å². The molecule has 0 aliphatic heterocycles. The van der Waals surface area contributed by atoms with E-state index in [0.29, 0.717) is 0 Å². The normalized spacial score (nSPS) is 11.8. The van der Waals surface area contributed by atoms with Gasteiger partial charge in [0, 0.05) is 21.8 Å². The van der Waals surface area contributed by atoms with Gasteiger partial charge in [-0.25, -0.2) is 4.68 Å². The van der Waals surface area contributed by atoms with E-state index in [9.17, 15) is 0 Å². The molecule has 0 radical (unpaired) electrons. The molecule has 0 fully saturated rings. The van der Waals surface area contributed by atoms with Gasteiger partial charge in [0.05, 0.1) is 11.9 Å². The Morgan fingerprint density at radius 1 is 1.29 bits per heavy atom. The molecule has 2 rings (SSSR count). The Morgan fingerprint density at radius 2 is 2.00 bits per heavy atom. The maximum Gasteiger partial charge on any atom is 0.128 e. The highest BCUT2D eigenvalue weighted by Crippen LogP contribution is 2.22. The van der Waals surface area contributed by atoms with Crippen molar-refractivity contribution < 1.29 is 0 Å². The third kappa shape index (κ3) is 2.66. The van der Waals surface area contributed by atoms with Gasteiger partial charge in [0.25, 0.3) is 0 Å². The first-order valence-electron chi connectivity index (χ1n) is 5.31. The summed E-state index contributed by atoms with van der Waals surface area (Å²) in [5.41, 5.74) is 2.10. The van der Waals surface area contributed by atoms with Crippen LogP contribution in [0.3, 0.4) is 0 Å². The van der Waals surface area contributed by atoms with E-state index in [1.807, 2.05) is 16.8 Å². The van der Waals surface area contributed by atoms with Gasteiger partial charge in [0.1, 0.15) is 4.64 Å². The summed E-state index contributed by atoms with van der Waals surface area (Å²) in [7, 11) is 0. The summed E-state index contributed by atoms with van der Waals surface area (Å²) in [6.45, 7) is 6.45. The third-order valence-electron chi connectivity index (χ3n) is 2.48. The zero-order valence-corrected chi connectivity index (χ0v) is 12.4. The van der Waals surface area contributed by atoms with Gasteiger partial charge in [-0.15, -0.1) is 0 Å². The van der Waals surface area contributed by atoms with Gasteiger partial charge in [0.15, 0.2) is 0 Å². The molecular formula is C12H14BrN3S. The second-order valence-electron chi connectivity index (χ2n) is 4.95. The molecule has 5 heteroatoms. The smallest absolute Gasteiger partial charge is 0.128 e. The fraction of sp³-hybridized carbons (Fsp3) is 0.333. The highest BCUT2D eigenvalue weighted by Gasteiger charge is 2.16. The topological polar surface area (TPSA) is 33.6 Å². The molecule has 0 aliphatic carbocycles. The molecule has 3 nitrogen and oxygen atoms in total. The molecule has 0 atom stereocenters. The van der Waals surface area contributed by atoms with E-state index < -0.39 is 0 Å². The number of nitrogens with one attached hydrogen (secondary N) is 1. The zero-order valence-electron chi connectivity index (χ0n) is 9.99. The molecule has 17 heavy (non-hydrogen) atoms. The van der Waals surface area contributed by atoms with Crippen molar-refractivity contribution >= 4 is 28.1 Å². The number of hydrogen-bond acceptors (Lipinski definition) is 2. The molecule has 2 heterocycles. The van der Waals surface area contributed by atoms with Crippen LogP contribution in [0.1, 0.15) is 26.5 Å². The fourth-order valence-electron chi connectivity index (χ4n) is 1.49. The quantitative estimate of drug-likeness (QED) is 0.808. The molecule has 0 aliphatic rings. The summed E-state index contributed by atoms with van der Waals surface area (Å²) in [6.07, 6.45) is 3.53. The minimum atomic E-state index is 0.0538. The maximum absolute atomic E-state index is 5.36. The minimum Gasteiger partial charge on any atom is -0.296 e. The molecule has 0 amide bonds. The number of nitrogens with zero attached hydrogens (tertiary/aromatic N) is 2. The summed E-state index contributed by atoms with van der Waals surface area (Å²) in [6, 6.07) is 3.97. The summed E-state index contributed by atoms with van der Waals surface area (Å²) in [4.78, 5) is 4.14. The molecule has 1 N–H and O–H groups in total. The first-order valence-corrected chi connectivity index (χ1v) is 6.51. The number of pyridine rings is 1. The summed E-state index contributed by atoms with van der Waals surface area (Å²) in [5.74, 6) is 0. The van der Waals surface area contributed by atoms with E-state index in [2.05, 4.69) is 46.8 Å². The predicted molar refractivity (Wildman–Crippen MR) is 75.1 cm³/mol. The van der Waals surface area contributed by atoms with Crippen LogP contribution in [-0.2, 0) is 5.41 Å². The second kappa shape index (κ2) is 4.38. The molecular weight excluding hydrogens is 298 g/mol. The van der Waals surface area contributed by atoms with Gasteiger partial charge in [-0.1, -0.05) is 33.0 Å². The Bertz CT molecular complexity index is 592. The van der Waals surface area contributed by atoms with Crippen molar-refractivity contribution in [1.82, 2.24) is 14.8 Å². The molecule has 0 saturated carbocycles. The molecule has 0 bridgehead atoms. The van der Waals surface area contributed by atoms with Gasteiger partial charge < -0.3 is 0 Å². The lowest BCUT2D eigenvalue weighted by Gasteiger charge is -2.15. The number of hydrogen-bond donors (Lipinski definition) is 1. The second-order valence-corrected chi connectivity index (χ2v) is 6.29. The Labute approximate surface area is 114 Å². The van der Waals surface area contributed by atoms with Crippen molar-refractivity contribution in [3.05, 3.63) is 39.3 Å². The molecule has 90 valence electrons. The number of halogens is 1. The molecule has 0 unspecified atom stereocenters. The number of aromatic nitrogens is 3. The van der Waals surface area contributed by atoms with Crippen molar-refractivity contribution in [2.45, 2.75) is 26.2 Å². The van der Waals surface area contributed by atoms with Gasteiger partial charge in [-0.05, 0) is 28.1 Å².